The van der Waals surface area contributed by atoms with Crippen molar-refractivity contribution in [2.45, 2.75) is 0 Å². The van der Waals surface area contributed by atoms with Crippen molar-refractivity contribution in [2.24, 2.45) is 0 Å². The predicted octanol–water partition coefficient (Wildman–Crippen LogP) is 13.7. The molecule has 8 aromatic carbocycles. The minimum absolute atomic E-state index is 0.595. The first kappa shape index (κ1) is 35.4. The number of hydrogen-bond acceptors (Lipinski definition) is 6. The summed E-state index contributed by atoms with van der Waals surface area (Å²) in [5.41, 5.74) is 12.9. The molecule has 0 aliphatic rings. The molecule has 62 heavy (non-hydrogen) atoms. The lowest BCUT2D eigenvalue weighted by Gasteiger charge is -2.11. The molecule has 0 spiro atoms. The van der Waals surface area contributed by atoms with E-state index in [-0.39, 0.29) is 0 Å². The Morgan fingerprint density at radius 3 is 1.48 bits per heavy atom. The van der Waals surface area contributed by atoms with Crippen LogP contribution in [0.25, 0.3) is 117 Å². The molecule has 0 N–H and O–H groups in total. The van der Waals surface area contributed by atoms with E-state index < -0.39 is 0 Å². The molecule has 4 aromatic heterocycles. The van der Waals surface area contributed by atoms with E-state index >= 15 is 0 Å². The second-order valence-electron chi connectivity index (χ2n) is 15.3. The average molecular weight is 795 g/mol. The van der Waals surface area contributed by atoms with Crippen LogP contribution in [0.2, 0.25) is 0 Å². The van der Waals surface area contributed by atoms with Gasteiger partial charge in [0.05, 0.1) is 11.0 Å². The molecule has 4 heterocycles. The Labute approximate surface area is 356 Å². The average Bonchev–Trinajstić information content (AvgIpc) is 3.88. The van der Waals surface area contributed by atoms with E-state index in [1.54, 1.807) is 0 Å². The molecule has 12 rings (SSSR count). The van der Waals surface area contributed by atoms with Crippen LogP contribution in [0, 0.1) is 0 Å². The molecule has 12 aromatic rings. The van der Waals surface area contributed by atoms with Gasteiger partial charge in [0.25, 0.3) is 0 Å². The summed E-state index contributed by atoms with van der Waals surface area (Å²) in [5.74, 6) is 2.48. The third-order valence-corrected chi connectivity index (χ3v) is 11.5. The van der Waals surface area contributed by atoms with Gasteiger partial charge in [0.15, 0.2) is 28.9 Å². The van der Waals surface area contributed by atoms with Crippen LogP contribution in [0.1, 0.15) is 0 Å². The molecule has 7 nitrogen and oxygen atoms in total. The standard InChI is InChI=1S/C55H34N6O/c1-5-16-35(17-6-1)36-28-30-40(31-29-36)52-56-49(37-18-7-2-8-19-37)51-50(57-52)45-33-44-43-26-13-14-27-46(43)61(47(44)34-48(45)62-51)42-25-15-24-41(32-42)55-59-53(38-20-9-3-10-21-38)58-54(60-55)39-22-11-4-12-23-39/h1-34H. The summed E-state index contributed by atoms with van der Waals surface area (Å²) in [6.45, 7) is 0. The number of hydrogen-bond donors (Lipinski definition) is 0. The Bertz CT molecular complexity index is 3550. The van der Waals surface area contributed by atoms with E-state index in [1.165, 1.54) is 0 Å². The van der Waals surface area contributed by atoms with Gasteiger partial charge in [0, 0.05) is 55.7 Å². The molecular formula is C55H34N6O. The number of furan rings is 1. The zero-order valence-corrected chi connectivity index (χ0v) is 33.2. The first-order valence-electron chi connectivity index (χ1n) is 20.6. The lowest BCUT2D eigenvalue weighted by molar-refractivity contribution is 0.667. The maximum atomic E-state index is 6.84. The van der Waals surface area contributed by atoms with Crippen molar-refractivity contribution in [3.63, 3.8) is 0 Å². The first-order chi connectivity index (χ1) is 30.7. The SMILES string of the molecule is c1ccc(-c2ccc(-c3nc(-c4ccccc4)c4oc5cc6c(cc5c4n3)c3ccccc3n6-c3cccc(-c4nc(-c5ccccc5)nc(-c5ccccc5)n4)c3)cc2)cc1. The minimum atomic E-state index is 0.595. The van der Waals surface area contributed by atoms with Crippen molar-refractivity contribution >= 4 is 43.9 Å². The van der Waals surface area contributed by atoms with E-state index in [9.17, 15) is 0 Å². The molecule has 0 bridgehead atoms. The Morgan fingerprint density at radius 1 is 0.323 bits per heavy atom. The number of para-hydroxylation sites is 1. The summed E-state index contributed by atoms with van der Waals surface area (Å²) in [5, 5.41) is 3.14. The number of aromatic nitrogens is 6. The smallest absolute Gasteiger partial charge is 0.180 e. The quantitative estimate of drug-likeness (QED) is 0.160. The summed E-state index contributed by atoms with van der Waals surface area (Å²) in [7, 11) is 0. The topological polar surface area (TPSA) is 82.5 Å². The van der Waals surface area contributed by atoms with Gasteiger partial charge in [-0.25, -0.2) is 24.9 Å². The second-order valence-corrected chi connectivity index (χ2v) is 15.3. The highest BCUT2D eigenvalue weighted by Gasteiger charge is 2.22. The highest BCUT2D eigenvalue weighted by molar-refractivity contribution is 6.17. The number of benzene rings is 8. The van der Waals surface area contributed by atoms with Gasteiger partial charge in [-0.3, -0.25) is 0 Å². The monoisotopic (exact) mass is 794 g/mol. The normalized spacial score (nSPS) is 11.5. The van der Waals surface area contributed by atoms with E-state index in [0.29, 0.717) is 28.9 Å². The molecule has 0 aliphatic carbocycles. The third kappa shape index (κ3) is 6.11. The van der Waals surface area contributed by atoms with Crippen LogP contribution in [-0.4, -0.2) is 29.5 Å². The molecule has 0 saturated carbocycles. The molecule has 0 atom stereocenters. The molecule has 0 fully saturated rings. The highest BCUT2D eigenvalue weighted by atomic mass is 16.3. The number of fused-ring (bicyclic) bond motifs is 6. The largest absolute Gasteiger partial charge is 0.452 e. The van der Waals surface area contributed by atoms with Crippen LogP contribution in [0.4, 0.5) is 0 Å². The van der Waals surface area contributed by atoms with E-state index in [4.69, 9.17) is 29.3 Å². The van der Waals surface area contributed by atoms with E-state index in [1.807, 2.05) is 84.9 Å². The van der Waals surface area contributed by atoms with Crippen LogP contribution >= 0.6 is 0 Å². The van der Waals surface area contributed by atoms with Crippen LogP contribution in [0.15, 0.2) is 211 Å². The molecular weight excluding hydrogens is 761 g/mol. The van der Waals surface area contributed by atoms with Crippen LogP contribution in [0.3, 0.4) is 0 Å². The Kier molecular flexibility index (Phi) is 8.35. The van der Waals surface area contributed by atoms with Gasteiger partial charge in [-0.2, -0.15) is 0 Å². The second kappa shape index (κ2) is 14.6. The summed E-state index contributed by atoms with van der Waals surface area (Å²) in [6.07, 6.45) is 0. The van der Waals surface area contributed by atoms with Crippen molar-refractivity contribution in [2.75, 3.05) is 0 Å². The van der Waals surface area contributed by atoms with E-state index in [2.05, 4.69) is 126 Å². The van der Waals surface area contributed by atoms with Crippen LogP contribution in [-0.2, 0) is 0 Å². The van der Waals surface area contributed by atoms with Crippen molar-refractivity contribution in [1.29, 1.82) is 0 Å². The number of rotatable bonds is 7. The van der Waals surface area contributed by atoms with Crippen molar-refractivity contribution in [3.05, 3.63) is 206 Å². The van der Waals surface area contributed by atoms with Gasteiger partial charge in [-0.05, 0) is 35.4 Å². The van der Waals surface area contributed by atoms with Crippen LogP contribution in [0.5, 0.6) is 0 Å². The molecule has 0 radical (unpaired) electrons. The highest BCUT2D eigenvalue weighted by Crippen LogP contribution is 2.41. The zero-order chi connectivity index (χ0) is 41.0. The van der Waals surface area contributed by atoms with Crippen molar-refractivity contribution in [3.8, 4) is 73.6 Å². The Balaban J connectivity index is 1.04. The van der Waals surface area contributed by atoms with Gasteiger partial charge in [-0.1, -0.05) is 176 Å². The van der Waals surface area contributed by atoms with Gasteiger partial charge in [-0.15, -0.1) is 0 Å². The zero-order valence-electron chi connectivity index (χ0n) is 33.2. The lowest BCUT2D eigenvalue weighted by Crippen LogP contribution is -2.01. The van der Waals surface area contributed by atoms with Crippen molar-refractivity contribution in [1.82, 2.24) is 29.5 Å². The van der Waals surface area contributed by atoms with E-state index in [0.717, 1.165) is 88.6 Å². The molecule has 0 saturated heterocycles. The van der Waals surface area contributed by atoms with Gasteiger partial charge in [0.1, 0.15) is 16.8 Å². The first-order valence-corrected chi connectivity index (χ1v) is 20.6. The minimum Gasteiger partial charge on any atom is -0.452 e. The maximum Gasteiger partial charge on any atom is 0.180 e. The maximum absolute atomic E-state index is 6.84. The Hall–Kier alpha value is -8.55. The van der Waals surface area contributed by atoms with Gasteiger partial charge < -0.3 is 8.98 Å². The van der Waals surface area contributed by atoms with Crippen LogP contribution < -0.4 is 0 Å². The molecule has 0 aliphatic heterocycles. The Morgan fingerprint density at radius 2 is 0.823 bits per heavy atom. The van der Waals surface area contributed by atoms with Crippen molar-refractivity contribution < 1.29 is 4.42 Å². The molecule has 290 valence electrons. The van der Waals surface area contributed by atoms with Gasteiger partial charge in [0.2, 0.25) is 0 Å². The fourth-order valence-electron chi connectivity index (χ4n) is 8.47. The summed E-state index contributed by atoms with van der Waals surface area (Å²) >= 11 is 0. The molecule has 0 amide bonds. The summed E-state index contributed by atoms with van der Waals surface area (Å²) in [4.78, 5) is 25.4. The fourth-order valence-corrected chi connectivity index (χ4v) is 8.47. The lowest BCUT2D eigenvalue weighted by atomic mass is 10.0. The summed E-state index contributed by atoms with van der Waals surface area (Å²) in [6, 6.07) is 70.5. The number of nitrogens with zero attached hydrogens (tertiary/aromatic N) is 6. The predicted molar refractivity (Wildman–Crippen MR) is 250 cm³/mol. The molecule has 0 unspecified atom stereocenters. The third-order valence-electron chi connectivity index (χ3n) is 11.5. The van der Waals surface area contributed by atoms with Gasteiger partial charge >= 0.3 is 0 Å². The fraction of sp³-hybridized carbons (Fsp3) is 0. The summed E-state index contributed by atoms with van der Waals surface area (Å²) < 4.78 is 9.13. The molecule has 7 heteroatoms.